The quantitative estimate of drug-likeness (QED) is 0.383. The Morgan fingerprint density at radius 2 is 1.75 bits per heavy atom. The van der Waals surface area contributed by atoms with Crippen LogP contribution < -0.4 is 5.32 Å². The van der Waals surface area contributed by atoms with E-state index >= 15 is 0 Å². The van der Waals surface area contributed by atoms with Gasteiger partial charge in [0.15, 0.2) is 0 Å². The van der Waals surface area contributed by atoms with E-state index in [1.807, 2.05) is 0 Å². The highest BCUT2D eigenvalue weighted by atomic mass is 14.9. The van der Waals surface area contributed by atoms with E-state index < -0.39 is 0 Å². The Morgan fingerprint density at radius 1 is 1.08 bits per heavy atom. The molecule has 0 heterocycles. The van der Waals surface area contributed by atoms with E-state index in [2.05, 4.69) is 53.4 Å². The topological polar surface area (TPSA) is 12.0 Å². The standard InChI is InChI=1S/C23H43N/c1-8-19(6)23(24-15-14-17(2)3)16-22(21-10-9-11-21)13-12-20(7)18(4)5/h17-18,20,23-24H,6,8-16H2,1-5,7H3. The van der Waals surface area contributed by atoms with Gasteiger partial charge >= 0.3 is 0 Å². The molecule has 1 aliphatic rings. The van der Waals surface area contributed by atoms with E-state index in [4.69, 9.17) is 0 Å². The maximum Gasteiger partial charge on any atom is 0.0314 e. The summed E-state index contributed by atoms with van der Waals surface area (Å²) >= 11 is 0. The molecule has 0 aromatic rings. The van der Waals surface area contributed by atoms with Gasteiger partial charge in [-0.25, -0.2) is 0 Å². The van der Waals surface area contributed by atoms with Crippen molar-refractivity contribution in [2.75, 3.05) is 6.54 Å². The molecule has 0 bridgehead atoms. The Morgan fingerprint density at radius 3 is 2.21 bits per heavy atom. The third-order valence-electron chi connectivity index (χ3n) is 6.01. The molecule has 1 N–H and O–H groups in total. The largest absolute Gasteiger partial charge is 0.310 e. The van der Waals surface area contributed by atoms with Gasteiger partial charge in [0, 0.05) is 6.04 Å². The average Bonchev–Trinajstić information content (AvgIpc) is 2.47. The molecule has 1 rings (SSSR count). The van der Waals surface area contributed by atoms with Gasteiger partial charge in [-0.1, -0.05) is 64.8 Å². The molecule has 140 valence electrons. The molecular formula is C23H43N. The normalized spacial score (nSPS) is 17.1. The maximum absolute atomic E-state index is 4.37. The molecule has 2 atom stereocenters. The Bertz CT molecular complexity index is 396. The van der Waals surface area contributed by atoms with Crippen LogP contribution in [0.1, 0.15) is 92.9 Å². The molecule has 0 amide bonds. The average molecular weight is 334 g/mol. The zero-order valence-corrected chi connectivity index (χ0v) is 17.4. The fourth-order valence-corrected chi connectivity index (χ4v) is 3.27. The number of rotatable bonds is 12. The monoisotopic (exact) mass is 333 g/mol. The first-order valence-electron chi connectivity index (χ1n) is 10.5. The van der Waals surface area contributed by atoms with Gasteiger partial charge in [0.25, 0.3) is 0 Å². The van der Waals surface area contributed by atoms with E-state index in [0.29, 0.717) is 6.04 Å². The second-order valence-electron chi connectivity index (χ2n) is 8.73. The van der Waals surface area contributed by atoms with Crippen molar-refractivity contribution in [1.82, 2.24) is 5.32 Å². The third kappa shape index (κ3) is 7.55. The van der Waals surface area contributed by atoms with E-state index in [0.717, 1.165) is 30.7 Å². The van der Waals surface area contributed by atoms with Crippen LogP contribution in [0.25, 0.3) is 0 Å². The number of nitrogens with one attached hydrogen (secondary N) is 1. The molecule has 0 radical (unpaired) electrons. The molecule has 0 spiro atoms. The first-order valence-corrected chi connectivity index (χ1v) is 10.5. The van der Waals surface area contributed by atoms with Gasteiger partial charge in [0.05, 0.1) is 0 Å². The van der Waals surface area contributed by atoms with Crippen LogP contribution in [-0.4, -0.2) is 12.6 Å². The minimum absolute atomic E-state index is 0.478. The summed E-state index contributed by atoms with van der Waals surface area (Å²) in [5.41, 5.74) is 4.91. The molecule has 0 aromatic heterocycles. The van der Waals surface area contributed by atoms with E-state index in [1.54, 1.807) is 11.1 Å². The Kier molecular flexibility index (Phi) is 9.96. The molecule has 1 fully saturated rings. The summed E-state index contributed by atoms with van der Waals surface area (Å²) in [5.74, 6) is 2.38. The van der Waals surface area contributed by atoms with Crippen LogP contribution in [0.4, 0.5) is 0 Å². The summed E-state index contributed by atoms with van der Waals surface area (Å²) in [6.45, 7) is 19.5. The molecule has 2 unspecified atom stereocenters. The van der Waals surface area contributed by atoms with Crippen molar-refractivity contribution < 1.29 is 0 Å². The lowest BCUT2D eigenvalue weighted by Crippen LogP contribution is -2.33. The summed E-state index contributed by atoms with van der Waals surface area (Å²) in [6.07, 6.45) is 10.3. The van der Waals surface area contributed by atoms with Gasteiger partial charge in [-0.2, -0.15) is 0 Å². The molecule has 1 aliphatic carbocycles. The lowest BCUT2D eigenvalue weighted by atomic mass is 9.81. The SMILES string of the molecule is C=C(CC)C(CC(CCC(C)C(C)C)=C1CCC1)NCCC(C)C. The Balaban J connectivity index is 2.67. The second-order valence-corrected chi connectivity index (χ2v) is 8.73. The van der Waals surface area contributed by atoms with Crippen molar-refractivity contribution in [2.45, 2.75) is 99.0 Å². The smallest absolute Gasteiger partial charge is 0.0314 e. The van der Waals surface area contributed by atoms with Gasteiger partial charge in [-0.15, -0.1) is 0 Å². The predicted molar refractivity (Wildman–Crippen MR) is 109 cm³/mol. The third-order valence-corrected chi connectivity index (χ3v) is 6.01. The van der Waals surface area contributed by atoms with Crippen LogP contribution in [-0.2, 0) is 0 Å². The minimum atomic E-state index is 0.478. The highest BCUT2D eigenvalue weighted by molar-refractivity contribution is 5.23. The van der Waals surface area contributed by atoms with Gasteiger partial charge in [-0.05, 0) is 75.7 Å². The molecule has 1 saturated carbocycles. The first kappa shape index (κ1) is 21.5. The van der Waals surface area contributed by atoms with Crippen molar-refractivity contribution in [2.24, 2.45) is 17.8 Å². The van der Waals surface area contributed by atoms with E-state index in [1.165, 1.54) is 50.5 Å². The number of hydrogen-bond donors (Lipinski definition) is 1. The van der Waals surface area contributed by atoms with Crippen LogP contribution in [0, 0.1) is 17.8 Å². The molecular weight excluding hydrogens is 290 g/mol. The second kappa shape index (κ2) is 11.1. The van der Waals surface area contributed by atoms with E-state index in [-0.39, 0.29) is 0 Å². The van der Waals surface area contributed by atoms with Gasteiger partial charge in [0.2, 0.25) is 0 Å². The predicted octanol–water partition coefficient (Wildman–Crippen LogP) is 6.90. The summed E-state index contributed by atoms with van der Waals surface area (Å²) in [6, 6.07) is 0.478. The zero-order valence-electron chi connectivity index (χ0n) is 17.4. The van der Waals surface area contributed by atoms with Crippen molar-refractivity contribution in [3.05, 3.63) is 23.3 Å². The Labute approximate surface area is 152 Å². The molecule has 1 nitrogen and oxygen atoms in total. The maximum atomic E-state index is 4.37. The molecule has 1 heteroatoms. The molecule has 24 heavy (non-hydrogen) atoms. The summed E-state index contributed by atoms with van der Waals surface area (Å²) in [4.78, 5) is 0. The van der Waals surface area contributed by atoms with Crippen LogP contribution >= 0.6 is 0 Å². The first-order chi connectivity index (χ1) is 11.3. The lowest BCUT2D eigenvalue weighted by Gasteiger charge is -2.28. The molecule has 0 saturated heterocycles. The fraction of sp³-hybridized carbons (Fsp3) is 0.826. The summed E-state index contributed by atoms with van der Waals surface area (Å²) in [5, 5.41) is 3.81. The highest BCUT2D eigenvalue weighted by Gasteiger charge is 2.20. The fourth-order valence-electron chi connectivity index (χ4n) is 3.27. The van der Waals surface area contributed by atoms with Crippen LogP contribution in [0.3, 0.4) is 0 Å². The zero-order chi connectivity index (χ0) is 18.1. The lowest BCUT2D eigenvalue weighted by molar-refractivity contribution is 0.386. The number of allylic oxidation sites excluding steroid dienone is 1. The van der Waals surface area contributed by atoms with Crippen molar-refractivity contribution >= 4 is 0 Å². The van der Waals surface area contributed by atoms with Crippen LogP contribution in [0.15, 0.2) is 23.3 Å². The number of hydrogen-bond acceptors (Lipinski definition) is 1. The van der Waals surface area contributed by atoms with Crippen LogP contribution in [0.2, 0.25) is 0 Å². The molecule has 0 aliphatic heterocycles. The van der Waals surface area contributed by atoms with Crippen LogP contribution in [0.5, 0.6) is 0 Å². The summed E-state index contributed by atoms with van der Waals surface area (Å²) < 4.78 is 0. The minimum Gasteiger partial charge on any atom is -0.310 e. The van der Waals surface area contributed by atoms with Crippen molar-refractivity contribution in [1.29, 1.82) is 0 Å². The van der Waals surface area contributed by atoms with Crippen molar-refractivity contribution in [3.63, 3.8) is 0 Å². The van der Waals surface area contributed by atoms with Gasteiger partial charge in [0.1, 0.15) is 0 Å². The van der Waals surface area contributed by atoms with Gasteiger partial charge in [-0.3, -0.25) is 0 Å². The summed E-state index contributed by atoms with van der Waals surface area (Å²) in [7, 11) is 0. The van der Waals surface area contributed by atoms with E-state index in [9.17, 15) is 0 Å². The highest BCUT2D eigenvalue weighted by Crippen LogP contribution is 2.35. The van der Waals surface area contributed by atoms with Gasteiger partial charge < -0.3 is 5.32 Å². The van der Waals surface area contributed by atoms with Crippen molar-refractivity contribution in [3.8, 4) is 0 Å². The molecule has 0 aromatic carbocycles. The Hall–Kier alpha value is -0.560.